The van der Waals surface area contributed by atoms with Gasteiger partial charge in [0, 0.05) is 18.7 Å². The van der Waals surface area contributed by atoms with E-state index in [2.05, 4.69) is 10.6 Å². The molecule has 19 heavy (non-hydrogen) atoms. The minimum Gasteiger partial charge on any atom is -0.350 e. The van der Waals surface area contributed by atoms with Crippen LogP contribution >= 0.6 is 0 Å². The number of nitro groups is 1. The predicted octanol–water partition coefficient (Wildman–Crippen LogP) is 1.60. The van der Waals surface area contributed by atoms with Crippen LogP contribution in [0.15, 0.2) is 24.3 Å². The first-order valence-electron chi connectivity index (χ1n) is 6.13. The molecular weight excluding hydrogens is 246 g/mol. The van der Waals surface area contributed by atoms with Crippen LogP contribution in [-0.2, 0) is 11.3 Å². The van der Waals surface area contributed by atoms with Gasteiger partial charge in [0.15, 0.2) is 0 Å². The molecule has 6 nitrogen and oxygen atoms in total. The van der Waals surface area contributed by atoms with E-state index in [4.69, 9.17) is 0 Å². The van der Waals surface area contributed by atoms with E-state index >= 15 is 0 Å². The summed E-state index contributed by atoms with van der Waals surface area (Å²) < 4.78 is 0. The standard InChI is InChI=1S/C13H19N3O3/c1-4-15-13(2,3)12(17)14-9-10-6-5-7-11(8-10)16(18)19/h5-8,15H,4,9H2,1-3H3,(H,14,17). The molecule has 104 valence electrons. The third-order valence-corrected chi connectivity index (χ3v) is 2.76. The lowest BCUT2D eigenvalue weighted by Gasteiger charge is -2.24. The largest absolute Gasteiger partial charge is 0.350 e. The van der Waals surface area contributed by atoms with Gasteiger partial charge in [0.05, 0.1) is 10.5 Å². The van der Waals surface area contributed by atoms with Crippen LogP contribution in [0.3, 0.4) is 0 Å². The predicted molar refractivity (Wildman–Crippen MR) is 72.7 cm³/mol. The van der Waals surface area contributed by atoms with E-state index in [1.807, 2.05) is 6.92 Å². The highest BCUT2D eigenvalue weighted by molar-refractivity contribution is 5.85. The quantitative estimate of drug-likeness (QED) is 0.604. The Labute approximate surface area is 112 Å². The molecule has 0 aliphatic carbocycles. The Kier molecular flexibility index (Phi) is 5.00. The van der Waals surface area contributed by atoms with Gasteiger partial charge in [-0.05, 0) is 26.0 Å². The van der Waals surface area contributed by atoms with E-state index < -0.39 is 10.5 Å². The van der Waals surface area contributed by atoms with Crippen LogP contribution < -0.4 is 10.6 Å². The van der Waals surface area contributed by atoms with Crippen molar-refractivity contribution in [2.45, 2.75) is 32.9 Å². The molecule has 0 unspecified atom stereocenters. The maximum absolute atomic E-state index is 11.9. The Bertz CT molecular complexity index is 472. The molecule has 1 aromatic rings. The molecule has 0 atom stereocenters. The van der Waals surface area contributed by atoms with E-state index in [0.717, 1.165) is 0 Å². The number of hydrogen-bond acceptors (Lipinski definition) is 4. The smallest absolute Gasteiger partial charge is 0.269 e. The molecule has 0 aliphatic rings. The van der Waals surface area contributed by atoms with Crippen molar-refractivity contribution in [3.8, 4) is 0 Å². The molecule has 0 heterocycles. The number of amides is 1. The highest BCUT2D eigenvalue weighted by atomic mass is 16.6. The Morgan fingerprint density at radius 2 is 2.11 bits per heavy atom. The van der Waals surface area contributed by atoms with Crippen LogP contribution in [0.4, 0.5) is 5.69 Å². The summed E-state index contributed by atoms with van der Waals surface area (Å²) in [4.78, 5) is 22.1. The fourth-order valence-electron chi connectivity index (χ4n) is 1.71. The second kappa shape index (κ2) is 6.29. The number of carbonyl (C=O) groups excluding carboxylic acids is 1. The minimum absolute atomic E-state index is 0.0256. The Morgan fingerprint density at radius 3 is 2.68 bits per heavy atom. The number of nitro benzene ring substituents is 1. The van der Waals surface area contributed by atoms with Gasteiger partial charge >= 0.3 is 0 Å². The van der Waals surface area contributed by atoms with Crippen molar-refractivity contribution in [1.82, 2.24) is 10.6 Å². The molecule has 0 fully saturated rings. The summed E-state index contributed by atoms with van der Waals surface area (Å²) in [6.07, 6.45) is 0. The van der Waals surface area contributed by atoms with E-state index in [0.29, 0.717) is 12.1 Å². The molecule has 0 saturated carbocycles. The van der Waals surface area contributed by atoms with E-state index in [-0.39, 0.29) is 18.1 Å². The summed E-state index contributed by atoms with van der Waals surface area (Å²) in [5, 5.41) is 16.5. The SMILES string of the molecule is CCNC(C)(C)C(=O)NCc1cccc([N+](=O)[O-])c1. The molecule has 0 saturated heterocycles. The molecule has 1 amide bonds. The lowest BCUT2D eigenvalue weighted by molar-refractivity contribution is -0.384. The first-order valence-corrected chi connectivity index (χ1v) is 6.13. The normalized spacial score (nSPS) is 11.1. The van der Waals surface area contributed by atoms with Crippen molar-refractivity contribution in [2.24, 2.45) is 0 Å². The zero-order valence-electron chi connectivity index (χ0n) is 11.4. The van der Waals surface area contributed by atoms with Crippen LogP contribution in [0.2, 0.25) is 0 Å². The number of nitrogens with zero attached hydrogens (tertiary/aromatic N) is 1. The molecular formula is C13H19N3O3. The van der Waals surface area contributed by atoms with Crippen LogP contribution in [-0.4, -0.2) is 22.9 Å². The molecule has 0 radical (unpaired) electrons. The molecule has 1 rings (SSSR count). The first-order chi connectivity index (χ1) is 8.86. The zero-order chi connectivity index (χ0) is 14.5. The third kappa shape index (κ3) is 4.33. The van der Waals surface area contributed by atoms with Crippen molar-refractivity contribution in [1.29, 1.82) is 0 Å². The number of benzene rings is 1. The van der Waals surface area contributed by atoms with Crippen LogP contribution in [0, 0.1) is 10.1 Å². The number of likely N-dealkylation sites (N-methyl/N-ethyl adjacent to an activating group) is 1. The summed E-state index contributed by atoms with van der Waals surface area (Å²) in [5.74, 6) is -0.138. The molecule has 2 N–H and O–H groups in total. The van der Waals surface area contributed by atoms with Gasteiger partial charge in [0.1, 0.15) is 0 Å². The number of nitrogens with one attached hydrogen (secondary N) is 2. The second-order valence-electron chi connectivity index (χ2n) is 4.77. The van der Waals surface area contributed by atoms with Crippen molar-refractivity contribution in [3.05, 3.63) is 39.9 Å². The topological polar surface area (TPSA) is 84.3 Å². The minimum atomic E-state index is -0.657. The number of non-ortho nitro benzene ring substituents is 1. The Hall–Kier alpha value is -1.95. The Morgan fingerprint density at radius 1 is 1.42 bits per heavy atom. The Balaban J connectivity index is 2.64. The lowest BCUT2D eigenvalue weighted by Crippen LogP contribution is -2.52. The maximum atomic E-state index is 11.9. The van der Waals surface area contributed by atoms with Gasteiger partial charge in [0.25, 0.3) is 5.69 Å². The third-order valence-electron chi connectivity index (χ3n) is 2.76. The van der Waals surface area contributed by atoms with E-state index in [1.165, 1.54) is 12.1 Å². The zero-order valence-corrected chi connectivity index (χ0v) is 11.4. The van der Waals surface area contributed by atoms with Gasteiger partial charge < -0.3 is 10.6 Å². The first kappa shape index (κ1) is 15.1. The fraction of sp³-hybridized carbons (Fsp3) is 0.462. The monoisotopic (exact) mass is 265 g/mol. The molecule has 1 aromatic carbocycles. The molecule has 0 aromatic heterocycles. The van der Waals surface area contributed by atoms with Crippen molar-refractivity contribution in [3.63, 3.8) is 0 Å². The summed E-state index contributed by atoms with van der Waals surface area (Å²) >= 11 is 0. The van der Waals surface area contributed by atoms with E-state index in [9.17, 15) is 14.9 Å². The molecule has 0 aliphatic heterocycles. The second-order valence-corrected chi connectivity index (χ2v) is 4.77. The average molecular weight is 265 g/mol. The number of rotatable bonds is 6. The van der Waals surface area contributed by atoms with Gasteiger partial charge in [0.2, 0.25) is 5.91 Å². The van der Waals surface area contributed by atoms with Gasteiger partial charge in [-0.3, -0.25) is 14.9 Å². The van der Waals surface area contributed by atoms with E-state index in [1.54, 1.807) is 26.0 Å². The van der Waals surface area contributed by atoms with Gasteiger partial charge in [-0.2, -0.15) is 0 Å². The highest BCUT2D eigenvalue weighted by Crippen LogP contribution is 2.13. The fourth-order valence-corrected chi connectivity index (χ4v) is 1.71. The molecule has 0 spiro atoms. The molecule has 0 bridgehead atoms. The number of hydrogen-bond donors (Lipinski definition) is 2. The van der Waals surface area contributed by atoms with Crippen LogP contribution in [0.1, 0.15) is 26.3 Å². The van der Waals surface area contributed by atoms with Crippen molar-refractivity contribution >= 4 is 11.6 Å². The van der Waals surface area contributed by atoms with Crippen molar-refractivity contribution < 1.29 is 9.72 Å². The van der Waals surface area contributed by atoms with Gasteiger partial charge in [-0.1, -0.05) is 19.1 Å². The summed E-state index contributed by atoms with van der Waals surface area (Å²) in [6.45, 7) is 6.47. The van der Waals surface area contributed by atoms with Gasteiger partial charge in [-0.15, -0.1) is 0 Å². The maximum Gasteiger partial charge on any atom is 0.269 e. The number of carbonyl (C=O) groups is 1. The molecule has 6 heteroatoms. The van der Waals surface area contributed by atoms with Crippen LogP contribution in [0.5, 0.6) is 0 Å². The summed E-state index contributed by atoms with van der Waals surface area (Å²) in [6, 6.07) is 6.23. The summed E-state index contributed by atoms with van der Waals surface area (Å²) in [7, 11) is 0. The average Bonchev–Trinajstić information content (AvgIpc) is 2.36. The van der Waals surface area contributed by atoms with Crippen molar-refractivity contribution in [2.75, 3.05) is 6.54 Å². The lowest BCUT2D eigenvalue weighted by atomic mass is 10.0. The van der Waals surface area contributed by atoms with Crippen LogP contribution in [0.25, 0.3) is 0 Å². The van der Waals surface area contributed by atoms with Gasteiger partial charge in [-0.25, -0.2) is 0 Å². The summed E-state index contributed by atoms with van der Waals surface area (Å²) in [5.41, 5.74) is 0.0719. The highest BCUT2D eigenvalue weighted by Gasteiger charge is 2.25.